The SMILES string of the molecule is Cc1cccc(OC[C@H]2CC[C@H](CN3Cc4ccc(O)c(F)c4C3=O)CC2)c1. The highest BCUT2D eigenvalue weighted by Gasteiger charge is 2.34. The molecule has 148 valence electrons. The molecule has 0 radical (unpaired) electrons. The summed E-state index contributed by atoms with van der Waals surface area (Å²) in [5.41, 5.74) is 1.91. The first kappa shape index (κ1) is 18.8. The van der Waals surface area contributed by atoms with Crippen LogP contribution in [0.25, 0.3) is 0 Å². The molecule has 1 saturated carbocycles. The summed E-state index contributed by atoms with van der Waals surface area (Å²) < 4.78 is 20.0. The number of nitrogens with zero attached hydrogens (tertiary/aromatic N) is 1. The third kappa shape index (κ3) is 3.84. The Hall–Kier alpha value is -2.56. The lowest BCUT2D eigenvalue weighted by atomic mass is 9.82. The number of aromatic hydroxyl groups is 1. The van der Waals surface area contributed by atoms with Crippen LogP contribution in [0.3, 0.4) is 0 Å². The minimum atomic E-state index is -0.790. The molecule has 5 heteroatoms. The lowest BCUT2D eigenvalue weighted by molar-refractivity contribution is 0.0717. The Kier molecular flexibility index (Phi) is 5.25. The van der Waals surface area contributed by atoms with Crippen LogP contribution in [-0.4, -0.2) is 29.1 Å². The van der Waals surface area contributed by atoms with E-state index in [4.69, 9.17) is 4.74 Å². The van der Waals surface area contributed by atoms with Gasteiger partial charge in [-0.15, -0.1) is 0 Å². The van der Waals surface area contributed by atoms with Gasteiger partial charge in [0.15, 0.2) is 11.6 Å². The number of rotatable bonds is 5. The monoisotopic (exact) mass is 383 g/mol. The zero-order valence-corrected chi connectivity index (χ0v) is 16.2. The van der Waals surface area contributed by atoms with Gasteiger partial charge in [-0.2, -0.15) is 0 Å². The maximum absolute atomic E-state index is 14.1. The van der Waals surface area contributed by atoms with E-state index in [0.29, 0.717) is 30.5 Å². The average Bonchev–Trinajstić information content (AvgIpc) is 3.00. The van der Waals surface area contributed by atoms with Crippen molar-refractivity contribution < 1.29 is 19.0 Å². The van der Waals surface area contributed by atoms with Gasteiger partial charge in [0.25, 0.3) is 5.91 Å². The van der Waals surface area contributed by atoms with E-state index in [1.165, 1.54) is 11.6 Å². The summed E-state index contributed by atoms with van der Waals surface area (Å²) in [6.45, 7) is 3.87. The fourth-order valence-corrected chi connectivity index (χ4v) is 4.36. The van der Waals surface area contributed by atoms with Crippen molar-refractivity contribution in [3.8, 4) is 11.5 Å². The van der Waals surface area contributed by atoms with Gasteiger partial charge in [0.1, 0.15) is 5.75 Å². The van der Waals surface area contributed by atoms with Gasteiger partial charge in [0.2, 0.25) is 0 Å². The zero-order chi connectivity index (χ0) is 19.7. The van der Waals surface area contributed by atoms with E-state index in [-0.39, 0.29) is 11.5 Å². The molecule has 2 aromatic carbocycles. The van der Waals surface area contributed by atoms with Gasteiger partial charge in [-0.05, 0) is 73.8 Å². The van der Waals surface area contributed by atoms with Crippen molar-refractivity contribution in [1.29, 1.82) is 0 Å². The van der Waals surface area contributed by atoms with Crippen molar-refractivity contribution in [2.45, 2.75) is 39.2 Å². The number of hydrogen-bond acceptors (Lipinski definition) is 3. The van der Waals surface area contributed by atoms with E-state index >= 15 is 0 Å². The Bertz CT molecular complexity index is 874. The first-order valence-corrected chi connectivity index (χ1v) is 10.0. The Morgan fingerprint density at radius 3 is 2.64 bits per heavy atom. The van der Waals surface area contributed by atoms with Crippen molar-refractivity contribution in [3.05, 3.63) is 58.9 Å². The molecule has 0 bridgehead atoms. The number of ether oxygens (including phenoxy) is 1. The summed E-state index contributed by atoms with van der Waals surface area (Å²) in [5, 5.41) is 9.53. The third-order valence-corrected chi connectivity index (χ3v) is 5.99. The van der Waals surface area contributed by atoms with Crippen LogP contribution in [0.1, 0.15) is 47.2 Å². The third-order valence-electron chi connectivity index (χ3n) is 5.99. The number of aryl methyl sites for hydroxylation is 1. The Morgan fingerprint density at radius 1 is 1.14 bits per heavy atom. The van der Waals surface area contributed by atoms with E-state index in [9.17, 15) is 14.3 Å². The molecule has 1 fully saturated rings. The van der Waals surface area contributed by atoms with Crippen LogP contribution >= 0.6 is 0 Å². The molecule has 1 aliphatic heterocycles. The number of amides is 1. The molecule has 1 aliphatic carbocycles. The highest BCUT2D eigenvalue weighted by molar-refractivity contribution is 5.99. The van der Waals surface area contributed by atoms with Crippen LogP contribution in [0.15, 0.2) is 36.4 Å². The van der Waals surface area contributed by atoms with Gasteiger partial charge in [0, 0.05) is 13.1 Å². The molecule has 1 amide bonds. The summed E-state index contributed by atoms with van der Waals surface area (Å²) in [4.78, 5) is 14.3. The predicted molar refractivity (Wildman–Crippen MR) is 105 cm³/mol. The largest absolute Gasteiger partial charge is 0.505 e. The lowest BCUT2D eigenvalue weighted by Crippen LogP contribution is -2.32. The van der Waals surface area contributed by atoms with Gasteiger partial charge >= 0.3 is 0 Å². The molecule has 1 N–H and O–H groups in total. The molecular weight excluding hydrogens is 357 g/mol. The summed E-state index contributed by atoms with van der Waals surface area (Å²) in [5.74, 6) is 0.356. The molecule has 0 spiro atoms. The van der Waals surface area contributed by atoms with Crippen molar-refractivity contribution in [2.75, 3.05) is 13.2 Å². The summed E-state index contributed by atoms with van der Waals surface area (Å²) in [7, 11) is 0. The molecule has 1 heterocycles. The molecule has 0 unspecified atom stereocenters. The molecule has 28 heavy (non-hydrogen) atoms. The first-order chi connectivity index (χ1) is 13.5. The van der Waals surface area contributed by atoms with Gasteiger partial charge in [-0.25, -0.2) is 4.39 Å². The zero-order valence-electron chi connectivity index (χ0n) is 16.2. The van der Waals surface area contributed by atoms with E-state index < -0.39 is 11.6 Å². The standard InChI is InChI=1S/C23H26FNO3/c1-15-3-2-4-19(11-15)28-14-17-7-5-16(6-8-17)12-25-13-18-9-10-20(26)22(24)21(18)23(25)27/h2-4,9-11,16-17,26H,5-8,12-14H2,1H3/t16-,17-. The van der Waals surface area contributed by atoms with Crippen molar-refractivity contribution in [3.63, 3.8) is 0 Å². The molecule has 2 aliphatic rings. The number of halogens is 1. The molecular formula is C23H26FNO3. The number of carbonyl (C=O) groups excluding carboxylic acids is 1. The average molecular weight is 383 g/mol. The molecule has 4 rings (SSSR count). The fraction of sp³-hybridized carbons (Fsp3) is 0.435. The highest BCUT2D eigenvalue weighted by Crippen LogP contribution is 2.34. The Morgan fingerprint density at radius 2 is 1.89 bits per heavy atom. The maximum Gasteiger partial charge on any atom is 0.257 e. The molecule has 0 saturated heterocycles. The summed E-state index contributed by atoms with van der Waals surface area (Å²) in [6, 6.07) is 11.1. The normalized spacial score (nSPS) is 21.6. The molecule has 0 atom stereocenters. The van der Waals surface area contributed by atoms with Gasteiger partial charge in [0.05, 0.1) is 12.2 Å². The van der Waals surface area contributed by atoms with Crippen LogP contribution in [0.5, 0.6) is 11.5 Å². The summed E-state index contributed by atoms with van der Waals surface area (Å²) in [6.07, 6.45) is 4.27. The number of benzene rings is 2. The van der Waals surface area contributed by atoms with E-state index in [0.717, 1.165) is 38.0 Å². The second-order valence-electron chi connectivity index (χ2n) is 8.13. The Balaban J connectivity index is 1.27. The number of carbonyl (C=O) groups is 1. The quantitative estimate of drug-likeness (QED) is 0.816. The second-order valence-corrected chi connectivity index (χ2v) is 8.13. The molecule has 2 aromatic rings. The minimum absolute atomic E-state index is 0.0419. The predicted octanol–water partition coefficient (Wildman–Crippen LogP) is 4.68. The molecule has 4 nitrogen and oxygen atoms in total. The van der Waals surface area contributed by atoms with Crippen LogP contribution in [0, 0.1) is 24.6 Å². The van der Waals surface area contributed by atoms with Crippen molar-refractivity contribution in [1.82, 2.24) is 4.90 Å². The smallest absolute Gasteiger partial charge is 0.257 e. The van der Waals surface area contributed by atoms with Crippen LogP contribution in [0.2, 0.25) is 0 Å². The number of hydrogen-bond donors (Lipinski definition) is 1. The fourth-order valence-electron chi connectivity index (χ4n) is 4.36. The van der Waals surface area contributed by atoms with Crippen LogP contribution < -0.4 is 4.74 Å². The minimum Gasteiger partial charge on any atom is -0.505 e. The highest BCUT2D eigenvalue weighted by atomic mass is 19.1. The van der Waals surface area contributed by atoms with Gasteiger partial charge in [-0.3, -0.25) is 4.79 Å². The van der Waals surface area contributed by atoms with E-state index in [1.807, 2.05) is 12.1 Å². The van der Waals surface area contributed by atoms with Crippen LogP contribution in [-0.2, 0) is 6.54 Å². The number of phenolic OH excluding ortho intramolecular Hbond substituents is 1. The van der Waals surface area contributed by atoms with Crippen molar-refractivity contribution in [2.24, 2.45) is 11.8 Å². The maximum atomic E-state index is 14.1. The van der Waals surface area contributed by atoms with E-state index in [1.54, 1.807) is 11.0 Å². The Labute approximate surface area is 164 Å². The number of phenols is 1. The van der Waals surface area contributed by atoms with Crippen molar-refractivity contribution >= 4 is 5.91 Å². The summed E-state index contributed by atoms with van der Waals surface area (Å²) >= 11 is 0. The number of fused-ring (bicyclic) bond motifs is 1. The molecule has 0 aromatic heterocycles. The van der Waals surface area contributed by atoms with E-state index in [2.05, 4.69) is 19.1 Å². The van der Waals surface area contributed by atoms with Crippen LogP contribution in [0.4, 0.5) is 4.39 Å². The second kappa shape index (κ2) is 7.82. The van der Waals surface area contributed by atoms with Gasteiger partial charge in [-0.1, -0.05) is 18.2 Å². The topological polar surface area (TPSA) is 49.8 Å². The first-order valence-electron chi connectivity index (χ1n) is 10.0. The lowest BCUT2D eigenvalue weighted by Gasteiger charge is -2.31. The van der Waals surface area contributed by atoms with Gasteiger partial charge < -0.3 is 14.7 Å².